The van der Waals surface area contributed by atoms with Crippen molar-refractivity contribution < 1.29 is 4.74 Å². The number of nitriles is 1. The van der Waals surface area contributed by atoms with Crippen LogP contribution < -0.4 is 4.74 Å². The van der Waals surface area contributed by atoms with E-state index < -0.39 is 0 Å². The van der Waals surface area contributed by atoms with Gasteiger partial charge in [0.1, 0.15) is 23.1 Å². The minimum atomic E-state index is 0.333. The van der Waals surface area contributed by atoms with E-state index >= 15 is 0 Å². The van der Waals surface area contributed by atoms with E-state index in [-0.39, 0.29) is 0 Å². The number of aromatic nitrogens is 2. The number of benzene rings is 2. The van der Waals surface area contributed by atoms with Gasteiger partial charge in [0.15, 0.2) is 0 Å². The Bertz CT molecular complexity index is 847. The van der Waals surface area contributed by atoms with Gasteiger partial charge < -0.3 is 4.74 Å². The molecule has 1 aromatic heterocycles. The Morgan fingerprint density at radius 3 is 2.55 bits per heavy atom. The molecule has 4 nitrogen and oxygen atoms in total. The maximum atomic E-state index is 9.15. The van der Waals surface area contributed by atoms with E-state index in [0.29, 0.717) is 22.1 Å². The van der Waals surface area contributed by atoms with Crippen molar-refractivity contribution in [3.8, 4) is 28.8 Å². The minimum absolute atomic E-state index is 0.333. The molecule has 0 amide bonds. The summed E-state index contributed by atoms with van der Waals surface area (Å²) in [5.41, 5.74) is 2.39. The molecule has 0 aliphatic carbocycles. The largest absolute Gasteiger partial charge is 0.456 e. The fourth-order valence-electron chi connectivity index (χ4n) is 2.18. The summed E-state index contributed by atoms with van der Waals surface area (Å²) in [6.07, 6.45) is 1.75. The van der Waals surface area contributed by atoms with E-state index in [1.807, 2.05) is 37.4 Å². The van der Waals surface area contributed by atoms with Crippen molar-refractivity contribution in [1.29, 1.82) is 5.26 Å². The Kier molecular flexibility index (Phi) is 3.82. The van der Waals surface area contributed by atoms with Gasteiger partial charge in [0.25, 0.3) is 0 Å². The molecule has 0 radical (unpaired) electrons. The molecule has 0 saturated carbocycles. The highest BCUT2D eigenvalue weighted by molar-refractivity contribution is 6.31. The molecule has 0 bridgehead atoms. The lowest BCUT2D eigenvalue weighted by Crippen LogP contribution is -1.93. The number of nitrogens with zero attached hydrogens (tertiary/aromatic N) is 3. The summed E-state index contributed by atoms with van der Waals surface area (Å²) in [7, 11) is 1.89. The highest BCUT2D eigenvalue weighted by Gasteiger charge is 2.09. The van der Waals surface area contributed by atoms with Crippen LogP contribution in [0.25, 0.3) is 11.3 Å². The first-order valence-corrected chi connectivity index (χ1v) is 7.02. The average molecular weight is 310 g/mol. The average Bonchev–Trinajstić information content (AvgIpc) is 2.94. The van der Waals surface area contributed by atoms with Gasteiger partial charge in [0, 0.05) is 18.8 Å². The maximum Gasteiger partial charge on any atom is 0.146 e. The zero-order valence-corrected chi connectivity index (χ0v) is 12.6. The quantitative estimate of drug-likeness (QED) is 0.720. The second-order valence-electron chi connectivity index (χ2n) is 4.69. The SMILES string of the molecule is Cn1nccc1-c1ccc(Oc2cccc(Cl)c2C#N)cc1. The van der Waals surface area contributed by atoms with Crippen molar-refractivity contribution in [2.75, 3.05) is 0 Å². The molecule has 0 unspecified atom stereocenters. The van der Waals surface area contributed by atoms with Crippen LogP contribution in [0, 0.1) is 11.3 Å². The minimum Gasteiger partial charge on any atom is -0.456 e. The predicted molar refractivity (Wildman–Crippen MR) is 84.9 cm³/mol. The van der Waals surface area contributed by atoms with Gasteiger partial charge in [-0.05, 0) is 42.5 Å². The Labute approximate surface area is 133 Å². The lowest BCUT2D eigenvalue weighted by Gasteiger charge is -2.09. The van der Waals surface area contributed by atoms with Crippen LogP contribution in [-0.2, 0) is 7.05 Å². The molecule has 0 saturated heterocycles. The van der Waals surface area contributed by atoms with Crippen LogP contribution in [-0.4, -0.2) is 9.78 Å². The first-order chi connectivity index (χ1) is 10.7. The third-order valence-corrected chi connectivity index (χ3v) is 3.60. The third kappa shape index (κ3) is 2.67. The molecule has 0 aliphatic heterocycles. The number of hydrogen-bond acceptors (Lipinski definition) is 3. The molecule has 22 heavy (non-hydrogen) atoms. The zero-order valence-electron chi connectivity index (χ0n) is 11.8. The summed E-state index contributed by atoms with van der Waals surface area (Å²) in [6, 6.07) is 16.7. The standard InChI is InChI=1S/C17H12ClN3O/c1-21-16(9-10-20-21)12-5-7-13(8-6-12)22-17-4-2-3-15(18)14(17)11-19/h2-10H,1H3. The maximum absolute atomic E-state index is 9.15. The summed E-state index contributed by atoms with van der Waals surface area (Å²) in [4.78, 5) is 0. The Balaban J connectivity index is 1.88. The molecule has 3 rings (SSSR count). The van der Waals surface area contributed by atoms with Crippen molar-refractivity contribution in [2.45, 2.75) is 0 Å². The highest BCUT2D eigenvalue weighted by atomic mass is 35.5. The lowest BCUT2D eigenvalue weighted by molar-refractivity contribution is 0.481. The van der Waals surface area contributed by atoms with Crippen molar-refractivity contribution >= 4 is 11.6 Å². The van der Waals surface area contributed by atoms with Crippen molar-refractivity contribution in [2.24, 2.45) is 7.05 Å². The molecule has 0 N–H and O–H groups in total. The van der Waals surface area contributed by atoms with Crippen LogP contribution in [0.5, 0.6) is 11.5 Å². The second-order valence-corrected chi connectivity index (χ2v) is 5.10. The van der Waals surface area contributed by atoms with E-state index in [2.05, 4.69) is 11.2 Å². The summed E-state index contributed by atoms with van der Waals surface area (Å²) in [5, 5.41) is 13.7. The summed E-state index contributed by atoms with van der Waals surface area (Å²) < 4.78 is 7.56. The van der Waals surface area contributed by atoms with Gasteiger partial charge in [0.05, 0.1) is 10.7 Å². The zero-order chi connectivity index (χ0) is 15.5. The summed E-state index contributed by atoms with van der Waals surface area (Å²) in [6.45, 7) is 0. The van der Waals surface area contributed by atoms with E-state index in [4.69, 9.17) is 21.6 Å². The molecule has 0 fully saturated rings. The number of ether oxygens (including phenoxy) is 1. The van der Waals surface area contributed by atoms with E-state index in [9.17, 15) is 0 Å². The Hall–Kier alpha value is -2.77. The van der Waals surface area contributed by atoms with Gasteiger partial charge in [-0.15, -0.1) is 0 Å². The number of halogens is 1. The first-order valence-electron chi connectivity index (χ1n) is 6.64. The molecule has 2 aromatic carbocycles. The Morgan fingerprint density at radius 2 is 1.91 bits per heavy atom. The van der Waals surface area contributed by atoms with Crippen LogP contribution in [0.15, 0.2) is 54.7 Å². The topological polar surface area (TPSA) is 50.8 Å². The van der Waals surface area contributed by atoms with Gasteiger partial charge in [-0.1, -0.05) is 17.7 Å². The molecule has 0 aliphatic rings. The van der Waals surface area contributed by atoms with Gasteiger partial charge in [0.2, 0.25) is 0 Å². The summed E-state index contributed by atoms with van der Waals surface area (Å²) >= 11 is 5.99. The van der Waals surface area contributed by atoms with Crippen LogP contribution in [0.1, 0.15) is 5.56 Å². The molecule has 3 aromatic rings. The van der Waals surface area contributed by atoms with Crippen molar-refractivity contribution in [3.05, 3.63) is 65.3 Å². The van der Waals surface area contributed by atoms with Crippen LogP contribution in [0.3, 0.4) is 0 Å². The number of rotatable bonds is 3. The molecule has 0 spiro atoms. The predicted octanol–water partition coefficient (Wildman–Crippen LogP) is 4.40. The monoisotopic (exact) mass is 309 g/mol. The first kappa shape index (κ1) is 14.2. The third-order valence-electron chi connectivity index (χ3n) is 3.29. The fourth-order valence-corrected chi connectivity index (χ4v) is 2.38. The fraction of sp³-hybridized carbons (Fsp3) is 0.0588. The normalized spacial score (nSPS) is 10.2. The van der Waals surface area contributed by atoms with Crippen molar-refractivity contribution in [1.82, 2.24) is 9.78 Å². The van der Waals surface area contributed by atoms with E-state index in [1.54, 1.807) is 29.1 Å². The smallest absolute Gasteiger partial charge is 0.146 e. The molecule has 5 heteroatoms. The van der Waals surface area contributed by atoms with E-state index in [0.717, 1.165) is 11.3 Å². The highest BCUT2D eigenvalue weighted by Crippen LogP contribution is 2.30. The van der Waals surface area contributed by atoms with Gasteiger partial charge >= 0.3 is 0 Å². The number of aryl methyl sites for hydroxylation is 1. The molecular weight excluding hydrogens is 298 g/mol. The molecule has 1 heterocycles. The van der Waals surface area contributed by atoms with Crippen LogP contribution in [0.4, 0.5) is 0 Å². The second kappa shape index (κ2) is 5.92. The molecular formula is C17H12ClN3O. The van der Waals surface area contributed by atoms with Crippen LogP contribution in [0.2, 0.25) is 5.02 Å². The summed E-state index contributed by atoms with van der Waals surface area (Å²) in [5.74, 6) is 1.09. The van der Waals surface area contributed by atoms with Gasteiger partial charge in [-0.2, -0.15) is 10.4 Å². The molecule has 0 atom stereocenters. The van der Waals surface area contributed by atoms with Gasteiger partial charge in [-0.3, -0.25) is 4.68 Å². The van der Waals surface area contributed by atoms with Crippen LogP contribution >= 0.6 is 11.6 Å². The number of hydrogen-bond donors (Lipinski definition) is 0. The molecule has 108 valence electrons. The van der Waals surface area contributed by atoms with E-state index in [1.165, 1.54) is 0 Å². The lowest BCUT2D eigenvalue weighted by atomic mass is 10.1. The Morgan fingerprint density at radius 1 is 1.14 bits per heavy atom. The van der Waals surface area contributed by atoms with Crippen molar-refractivity contribution in [3.63, 3.8) is 0 Å². The van der Waals surface area contributed by atoms with Gasteiger partial charge in [-0.25, -0.2) is 0 Å².